The topological polar surface area (TPSA) is 92.5 Å². The molecule has 2 heterocycles. The van der Waals surface area contributed by atoms with E-state index in [1.165, 1.54) is 6.33 Å². The molecule has 0 saturated carbocycles. The Morgan fingerprint density at radius 3 is 3.07 bits per heavy atom. The standard InChI is InChI=1S/C8H9ClN6/c9-6-7(10)12-4-13-8(6)11-3-5-1-2-14-15-5/h1-2,4H,3H2,(H,14,15)(H3,10,11,12,13). The highest BCUT2D eigenvalue weighted by Crippen LogP contribution is 2.23. The second-order valence-corrected chi connectivity index (χ2v) is 3.23. The van der Waals surface area contributed by atoms with Gasteiger partial charge in [0.2, 0.25) is 0 Å². The number of hydrogen-bond acceptors (Lipinski definition) is 5. The van der Waals surface area contributed by atoms with Crippen LogP contribution in [0.1, 0.15) is 5.69 Å². The lowest BCUT2D eigenvalue weighted by molar-refractivity contribution is 0.972. The van der Waals surface area contributed by atoms with Crippen LogP contribution in [0, 0.1) is 0 Å². The van der Waals surface area contributed by atoms with Gasteiger partial charge in [0.15, 0.2) is 5.82 Å². The Morgan fingerprint density at radius 2 is 2.33 bits per heavy atom. The van der Waals surface area contributed by atoms with Crippen LogP contribution in [-0.4, -0.2) is 20.2 Å². The first kappa shape index (κ1) is 9.72. The van der Waals surface area contributed by atoms with E-state index >= 15 is 0 Å². The molecule has 6 nitrogen and oxygen atoms in total. The molecular formula is C8H9ClN6. The molecule has 2 aromatic heterocycles. The molecule has 0 aliphatic rings. The van der Waals surface area contributed by atoms with E-state index in [0.29, 0.717) is 17.4 Å². The summed E-state index contributed by atoms with van der Waals surface area (Å²) in [6, 6.07) is 1.85. The van der Waals surface area contributed by atoms with E-state index in [1.807, 2.05) is 6.07 Å². The number of nitrogens with zero attached hydrogens (tertiary/aromatic N) is 3. The SMILES string of the molecule is Nc1ncnc(NCc2ccn[nH]2)c1Cl. The highest BCUT2D eigenvalue weighted by Gasteiger charge is 2.05. The molecule has 0 bridgehead atoms. The average molecular weight is 225 g/mol. The first-order valence-corrected chi connectivity index (χ1v) is 4.63. The molecule has 0 aromatic carbocycles. The van der Waals surface area contributed by atoms with Crippen LogP contribution in [0.5, 0.6) is 0 Å². The van der Waals surface area contributed by atoms with Gasteiger partial charge in [-0.3, -0.25) is 5.10 Å². The van der Waals surface area contributed by atoms with Crippen molar-refractivity contribution in [3.05, 3.63) is 29.3 Å². The predicted octanol–water partition coefficient (Wildman–Crippen LogP) is 1.05. The minimum Gasteiger partial charge on any atom is -0.382 e. The third-order valence-electron chi connectivity index (χ3n) is 1.82. The Morgan fingerprint density at radius 1 is 1.47 bits per heavy atom. The molecular weight excluding hydrogens is 216 g/mol. The van der Waals surface area contributed by atoms with E-state index in [0.717, 1.165) is 5.69 Å². The Kier molecular flexibility index (Phi) is 2.68. The van der Waals surface area contributed by atoms with Crippen LogP contribution in [0.3, 0.4) is 0 Å². The molecule has 0 aliphatic carbocycles. The van der Waals surface area contributed by atoms with Crippen molar-refractivity contribution in [2.24, 2.45) is 0 Å². The summed E-state index contributed by atoms with van der Waals surface area (Å²) in [5, 5.41) is 9.98. The lowest BCUT2D eigenvalue weighted by Crippen LogP contribution is -2.04. The van der Waals surface area contributed by atoms with Gasteiger partial charge in [-0.2, -0.15) is 5.10 Å². The number of aromatic nitrogens is 4. The van der Waals surface area contributed by atoms with Crippen LogP contribution in [0.2, 0.25) is 5.02 Å². The van der Waals surface area contributed by atoms with Gasteiger partial charge in [-0.05, 0) is 6.07 Å². The van der Waals surface area contributed by atoms with Crippen LogP contribution >= 0.6 is 11.6 Å². The molecule has 0 aliphatic heterocycles. The van der Waals surface area contributed by atoms with Crippen LogP contribution in [0.25, 0.3) is 0 Å². The molecule has 0 unspecified atom stereocenters. The number of hydrogen-bond donors (Lipinski definition) is 3. The Labute approximate surface area is 90.9 Å². The van der Waals surface area contributed by atoms with Gasteiger partial charge < -0.3 is 11.1 Å². The van der Waals surface area contributed by atoms with Gasteiger partial charge in [0.1, 0.15) is 17.2 Å². The predicted molar refractivity (Wildman–Crippen MR) is 57.4 cm³/mol. The quantitative estimate of drug-likeness (QED) is 0.725. The molecule has 0 amide bonds. The highest BCUT2D eigenvalue weighted by molar-refractivity contribution is 6.35. The lowest BCUT2D eigenvalue weighted by Gasteiger charge is -2.06. The van der Waals surface area contributed by atoms with E-state index in [1.54, 1.807) is 6.20 Å². The fourth-order valence-electron chi connectivity index (χ4n) is 1.07. The van der Waals surface area contributed by atoms with E-state index in [2.05, 4.69) is 25.5 Å². The van der Waals surface area contributed by atoms with Crippen LogP contribution in [0.15, 0.2) is 18.6 Å². The molecule has 2 rings (SSSR count). The number of H-pyrrole nitrogens is 1. The van der Waals surface area contributed by atoms with Gasteiger partial charge in [-0.1, -0.05) is 11.6 Å². The largest absolute Gasteiger partial charge is 0.382 e. The molecule has 0 spiro atoms. The van der Waals surface area contributed by atoms with Gasteiger partial charge >= 0.3 is 0 Å². The Bertz CT molecular complexity index is 440. The minimum absolute atomic E-state index is 0.263. The zero-order valence-electron chi connectivity index (χ0n) is 7.74. The fraction of sp³-hybridized carbons (Fsp3) is 0.125. The Balaban J connectivity index is 2.08. The third kappa shape index (κ3) is 2.16. The molecule has 4 N–H and O–H groups in total. The van der Waals surface area contributed by atoms with E-state index < -0.39 is 0 Å². The summed E-state index contributed by atoms with van der Waals surface area (Å²) in [4.78, 5) is 7.73. The third-order valence-corrected chi connectivity index (χ3v) is 2.19. The van der Waals surface area contributed by atoms with E-state index in [-0.39, 0.29) is 5.82 Å². The molecule has 2 aromatic rings. The first-order valence-electron chi connectivity index (χ1n) is 4.25. The number of nitrogen functional groups attached to an aromatic ring is 1. The molecule has 7 heteroatoms. The molecule has 0 radical (unpaired) electrons. The van der Waals surface area contributed by atoms with Gasteiger partial charge in [0.05, 0.1) is 12.2 Å². The smallest absolute Gasteiger partial charge is 0.150 e. The average Bonchev–Trinajstić information content (AvgIpc) is 2.73. The van der Waals surface area contributed by atoms with Crippen molar-refractivity contribution in [2.45, 2.75) is 6.54 Å². The summed E-state index contributed by atoms with van der Waals surface area (Å²) in [7, 11) is 0. The van der Waals surface area contributed by atoms with E-state index in [4.69, 9.17) is 17.3 Å². The number of anilines is 2. The second-order valence-electron chi connectivity index (χ2n) is 2.86. The lowest BCUT2D eigenvalue weighted by atomic mass is 10.4. The maximum absolute atomic E-state index is 5.90. The van der Waals surface area contributed by atoms with Crippen molar-refractivity contribution in [1.82, 2.24) is 20.2 Å². The highest BCUT2D eigenvalue weighted by atomic mass is 35.5. The zero-order valence-corrected chi connectivity index (χ0v) is 8.49. The van der Waals surface area contributed by atoms with Crippen molar-refractivity contribution < 1.29 is 0 Å². The first-order chi connectivity index (χ1) is 7.27. The summed E-state index contributed by atoms with van der Waals surface area (Å²) in [5.74, 6) is 0.776. The van der Waals surface area contributed by atoms with Gasteiger partial charge in [0, 0.05) is 6.20 Å². The number of halogens is 1. The van der Waals surface area contributed by atoms with Crippen molar-refractivity contribution in [3.8, 4) is 0 Å². The summed E-state index contributed by atoms with van der Waals surface area (Å²) in [5.41, 5.74) is 6.46. The van der Waals surface area contributed by atoms with Crippen LogP contribution < -0.4 is 11.1 Å². The number of nitrogens with two attached hydrogens (primary N) is 1. The number of nitrogens with one attached hydrogen (secondary N) is 2. The Hall–Kier alpha value is -1.82. The summed E-state index contributed by atoms with van der Waals surface area (Å²) < 4.78 is 0. The number of rotatable bonds is 3. The molecule has 0 fully saturated rings. The van der Waals surface area contributed by atoms with Crippen molar-refractivity contribution >= 4 is 23.2 Å². The monoisotopic (exact) mass is 224 g/mol. The molecule has 78 valence electrons. The summed E-state index contributed by atoms with van der Waals surface area (Å²) in [6.45, 7) is 0.552. The summed E-state index contributed by atoms with van der Waals surface area (Å²) in [6.07, 6.45) is 3.03. The van der Waals surface area contributed by atoms with Crippen molar-refractivity contribution in [2.75, 3.05) is 11.1 Å². The zero-order chi connectivity index (χ0) is 10.7. The van der Waals surface area contributed by atoms with Gasteiger partial charge in [-0.25, -0.2) is 9.97 Å². The fourth-order valence-corrected chi connectivity index (χ4v) is 1.23. The molecule has 0 saturated heterocycles. The van der Waals surface area contributed by atoms with Crippen LogP contribution in [0.4, 0.5) is 11.6 Å². The van der Waals surface area contributed by atoms with Crippen LogP contribution in [-0.2, 0) is 6.54 Å². The maximum Gasteiger partial charge on any atom is 0.150 e. The second kappa shape index (κ2) is 4.14. The molecule has 0 atom stereocenters. The minimum atomic E-state index is 0.263. The normalized spacial score (nSPS) is 10.2. The van der Waals surface area contributed by atoms with Crippen molar-refractivity contribution in [1.29, 1.82) is 0 Å². The summed E-state index contributed by atoms with van der Waals surface area (Å²) >= 11 is 5.90. The molecule has 15 heavy (non-hydrogen) atoms. The maximum atomic E-state index is 5.90. The van der Waals surface area contributed by atoms with E-state index in [9.17, 15) is 0 Å². The van der Waals surface area contributed by atoms with Gasteiger partial charge in [-0.15, -0.1) is 0 Å². The van der Waals surface area contributed by atoms with Crippen molar-refractivity contribution in [3.63, 3.8) is 0 Å². The van der Waals surface area contributed by atoms with Gasteiger partial charge in [0.25, 0.3) is 0 Å². The number of aromatic amines is 1.